The van der Waals surface area contributed by atoms with Crippen LogP contribution in [0.25, 0.3) is 0 Å². The molecule has 6 heteroatoms. The van der Waals surface area contributed by atoms with Crippen molar-refractivity contribution in [3.63, 3.8) is 0 Å². The molecular formula is C18H20N2O3S. The highest BCUT2D eigenvalue weighted by atomic mass is 32.1. The highest BCUT2D eigenvalue weighted by Crippen LogP contribution is 2.28. The maximum Gasteiger partial charge on any atom is 0.335 e. The average Bonchev–Trinajstić information content (AvgIpc) is 3.15. The smallest absolute Gasteiger partial charge is 0.335 e. The number of hydrogen-bond acceptors (Lipinski definition) is 4. The molecule has 1 N–H and O–H groups in total. The molecule has 1 fully saturated rings. The van der Waals surface area contributed by atoms with Gasteiger partial charge in [-0.3, -0.25) is 4.79 Å². The van der Waals surface area contributed by atoms with Gasteiger partial charge in [0.15, 0.2) is 0 Å². The van der Waals surface area contributed by atoms with Gasteiger partial charge in [0.2, 0.25) is 5.91 Å². The normalized spacial score (nSPS) is 17.7. The maximum absolute atomic E-state index is 12.5. The summed E-state index contributed by atoms with van der Waals surface area (Å²) in [5, 5.41) is 12.0. The predicted molar refractivity (Wildman–Crippen MR) is 92.4 cm³/mol. The zero-order chi connectivity index (χ0) is 16.9. The molecule has 5 nitrogen and oxygen atoms in total. The number of thiazole rings is 1. The van der Waals surface area contributed by atoms with Gasteiger partial charge in [0.05, 0.1) is 10.6 Å². The number of carboxylic acids is 1. The van der Waals surface area contributed by atoms with Crippen molar-refractivity contribution in [2.24, 2.45) is 0 Å². The number of amides is 1. The number of aromatic carboxylic acids is 1. The van der Waals surface area contributed by atoms with Crippen molar-refractivity contribution in [1.82, 2.24) is 9.88 Å². The Morgan fingerprint density at radius 2 is 2.08 bits per heavy atom. The van der Waals surface area contributed by atoms with E-state index in [2.05, 4.69) is 4.98 Å². The van der Waals surface area contributed by atoms with Crippen LogP contribution in [0.5, 0.6) is 0 Å². The van der Waals surface area contributed by atoms with Crippen molar-refractivity contribution < 1.29 is 14.7 Å². The van der Waals surface area contributed by atoms with E-state index >= 15 is 0 Å². The van der Waals surface area contributed by atoms with E-state index in [0.717, 1.165) is 36.5 Å². The molecular weight excluding hydrogens is 324 g/mol. The Morgan fingerprint density at radius 3 is 2.75 bits per heavy atom. The summed E-state index contributed by atoms with van der Waals surface area (Å²) >= 11 is 1.66. The minimum absolute atomic E-state index is 0.165. The number of aryl methyl sites for hydroxylation is 1. The fraction of sp³-hybridized carbons (Fsp3) is 0.389. The van der Waals surface area contributed by atoms with Gasteiger partial charge in [0, 0.05) is 37.0 Å². The van der Waals surface area contributed by atoms with Gasteiger partial charge in [0.1, 0.15) is 0 Å². The summed E-state index contributed by atoms with van der Waals surface area (Å²) in [5.74, 6) is -0.407. The Balaban J connectivity index is 1.53. The first kappa shape index (κ1) is 16.6. The Morgan fingerprint density at radius 1 is 1.29 bits per heavy atom. The molecule has 0 aliphatic carbocycles. The monoisotopic (exact) mass is 344 g/mol. The van der Waals surface area contributed by atoms with E-state index < -0.39 is 5.97 Å². The molecule has 1 aromatic heterocycles. The summed E-state index contributed by atoms with van der Waals surface area (Å²) in [6.45, 7) is 1.57. The fourth-order valence-corrected chi connectivity index (χ4v) is 3.83. The lowest BCUT2D eigenvalue weighted by atomic mass is 9.98. The van der Waals surface area contributed by atoms with Crippen molar-refractivity contribution in [1.29, 1.82) is 0 Å². The first-order valence-electron chi connectivity index (χ1n) is 8.13. The van der Waals surface area contributed by atoms with E-state index in [-0.39, 0.29) is 11.5 Å². The van der Waals surface area contributed by atoms with Gasteiger partial charge < -0.3 is 10.0 Å². The summed E-state index contributed by atoms with van der Waals surface area (Å²) in [7, 11) is 0. The molecule has 1 aromatic carbocycles. The lowest BCUT2D eigenvalue weighted by Crippen LogP contribution is -2.39. The van der Waals surface area contributed by atoms with Gasteiger partial charge in [-0.15, -0.1) is 11.3 Å². The molecule has 3 rings (SSSR count). The molecule has 0 bridgehead atoms. The number of carboxylic acid groups (broad SMARTS) is 1. The predicted octanol–water partition coefficient (Wildman–Crippen LogP) is 3.18. The van der Waals surface area contributed by atoms with Crippen LogP contribution >= 0.6 is 11.3 Å². The van der Waals surface area contributed by atoms with Crippen molar-refractivity contribution in [2.45, 2.75) is 31.6 Å². The molecule has 1 unspecified atom stereocenters. The van der Waals surface area contributed by atoms with E-state index in [1.54, 1.807) is 35.6 Å². The quantitative estimate of drug-likeness (QED) is 0.904. The number of benzene rings is 1. The van der Waals surface area contributed by atoms with E-state index in [4.69, 9.17) is 5.11 Å². The Kier molecular flexibility index (Phi) is 5.25. The zero-order valence-electron chi connectivity index (χ0n) is 13.4. The third-order valence-corrected chi connectivity index (χ3v) is 5.34. The molecule has 1 aliphatic heterocycles. The standard InChI is InChI=1S/C18H20N2O3S/c21-16(8-5-13-3-6-14(7-4-13)18(22)23)20-10-1-2-15(12-20)17-19-9-11-24-17/h3-4,6-7,9,11,15H,1-2,5,8,10,12H2,(H,22,23). The second-order valence-electron chi connectivity index (χ2n) is 6.05. The summed E-state index contributed by atoms with van der Waals surface area (Å²) in [6.07, 6.45) is 5.02. The van der Waals surface area contributed by atoms with Gasteiger partial charge in [-0.05, 0) is 37.0 Å². The molecule has 0 saturated carbocycles. The highest BCUT2D eigenvalue weighted by molar-refractivity contribution is 7.09. The van der Waals surface area contributed by atoms with Crippen LogP contribution in [0.15, 0.2) is 35.8 Å². The summed E-state index contributed by atoms with van der Waals surface area (Å²) < 4.78 is 0. The van der Waals surface area contributed by atoms with Crippen LogP contribution < -0.4 is 0 Å². The molecule has 126 valence electrons. The van der Waals surface area contributed by atoms with Crippen LogP contribution in [0.2, 0.25) is 0 Å². The number of nitrogens with zero attached hydrogens (tertiary/aromatic N) is 2. The van der Waals surface area contributed by atoms with Crippen LogP contribution in [-0.4, -0.2) is 40.0 Å². The number of rotatable bonds is 5. The van der Waals surface area contributed by atoms with Gasteiger partial charge >= 0.3 is 5.97 Å². The van der Waals surface area contributed by atoms with Crippen molar-refractivity contribution in [3.05, 3.63) is 52.0 Å². The maximum atomic E-state index is 12.5. The first-order valence-corrected chi connectivity index (χ1v) is 9.01. The molecule has 0 spiro atoms. The van der Waals surface area contributed by atoms with E-state index in [0.29, 0.717) is 18.8 Å². The summed E-state index contributed by atoms with van der Waals surface area (Å²) in [4.78, 5) is 29.7. The van der Waals surface area contributed by atoms with Crippen LogP contribution in [0.1, 0.15) is 46.1 Å². The Bertz CT molecular complexity index is 698. The Labute approximate surface area is 145 Å². The molecule has 2 heterocycles. The average molecular weight is 344 g/mol. The summed E-state index contributed by atoms with van der Waals surface area (Å²) in [5.41, 5.74) is 1.26. The number of carbonyl (C=O) groups is 2. The number of likely N-dealkylation sites (tertiary alicyclic amines) is 1. The second kappa shape index (κ2) is 7.57. The number of carbonyl (C=O) groups excluding carboxylic acids is 1. The van der Waals surface area contributed by atoms with Gasteiger partial charge in [-0.2, -0.15) is 0 Å². The molecule has 2 aromatic rings. The number of piperidine rings is 1. The third-order valence-electron chi connectivity index (χ3n) is 4.40. The number of aromatic nitrogens is 1. The second-order valence-corrected chi connectivity index (χ2v) is 6.98. The SMILES string of the molecule is O=C(O)c1ccc(CCC(=O)N2CCCC(c3nccs3)C2)cc1. The first-order chi connectivity index (χ1) is 11.6. The fourth-order valence-electron chi connectivity index (χ4n) is 3.06. The molecule has 1 atom stereocenters. The van der Waals surface area contributed by atoms with E-state index in [9.17, 15) is 9.59 Å². The molecule has 1 amide bonds. The number of hydrogen-bond donors (Lipinski definition) is 1. The van der Waals surface area contributed by atoms with Gasteiger partial charge in [0.25, 0.3) is 0 Å². The highest BCUT2D eigenvalue weighted by Gasteiger charge is 2.25. The van der Waals surface area contributed by atoms with E-state index in [1.165, 1.54) is 0 Å². The topological polar surface area (TPSA) is 70.5 Å². The van der Waals surface area contributed by atoms with E-state index in [1.807, 2.05) is 16.5 Å². The minimum Gasteiger partial charge on any atom is -0.478 e. The van der Waals surface area contributed by atoms with Crippen LogP contribution in [0, 0.1) is 0 Å². The summed E-state index contributed by atoms with van der Waals surface area (Å²) in [6, 6.07) is 6.74. The minimum atomic E-state index is -0.931. The van der Waals surface area contributed by atoms with Crippen LogP contribution in [0.4, 0.5) is 0 Å². The largest absolute Gasteiger partial charge is 0.478 e. The molecule has 24 heavy (non-hydrogen) atoms. The lowest BCUT2D eigenvalue weighted by molar-refractivity contribution is -0.132. The molecule has 1 saturated heterocycles. The van der Waals surface area contributed by atoms with Gasteiger partial charge in [-0.25, -0.2) is 9.78 Å². The third kappa shape index (κ3) is 4.00. The van der Waals surface area contributed by atoms with Crippen molar-refractivity contribution in [2.75, 3.05) is 13.1 Å². The van der Waals surface area contributed by atoms with Crippen LogP contribution in [-0.2, 0) is 11.2 Å². The zero-order valence-corrected chi connectivity index (χ0v) is 14.2. The van der Waals surface area contributed by atoms with Crippen molar-refractivity contribution in [3.8, 4) is 0 Å². The van der Waals surface area contributed by atoms with Gasteiger partial charge in [-0.1, -0.05) is 12.1 Å². The van der Waals surface area contributed by atoms with Crippen LogP contribution in [0.3, 0.4) is 0 Å². The lowest BCUT2D eigenvalue weighted by Gasteiger charge is -2.32. The molecule has 0 radical (unpaired) electrons. The molecule has 1 aliphatic rings. The Hall–Kier alpha value is -2.21. The van der Waals surface area contributed by atoms with Crippen molar-refractivity contribution >= 4 is 23.2 Å².